The van der Waals surface area contributed by atoms with E-state index < -0.39 is 10.1 Å². The highest BCUT2D eigenvalue weighted by molar-refractivity contribution is 7.85. The van der Waals surface area contributed by atoms with Crippen molar-refractivity contribution in [3.05, 3.63) is 88.7 Å². The normalized spacial score (nSPS) is 15.8. The quantitative estimate of drug-likeness (QED) is 0.658. The first-order chi connectivity index (χ1) is 13.3. The number of allylic oxidation sites excluding steroid dienone is 3. The molecule has 3 rings (SSSR count). The van der Waals surface area contributed by atoms with Gasteiger partial charge in [0, 0.05) is 11.5 Å². The average molecular weight is 399 g/mol. The third-order valence-corrected chi connectivity index (χ3v) is 6.04. The van der Waals surface area contributed by atoms with Crippen LogP contribution in [0.4, 0.5) is 0 Å². The lowest BCUT2D eigenvalue weighted by atomic mass is 9.78. The Morgan fingerprint density at radius 3 is 2.07 bits per heavy atom. The minimum atomic E-state index is -4.37. The van der Waals surface area contributed by atoms with E-state index in [1.165, 1.54) is 6.07 Å². The van der Waals surface area contributed by atoms with Crippen molar-refractivity contribution in [1.29, 1.82) is 0 Å². The topological polar surface area (TPSA) is 63.6 Å². The number of hydrogen-bond donors (Lipinski definition) is 1. The van der Waals surface area contributed by atoms with Crippen LogP contribution in [-0.2, 0) is 14.9 Å². The van der Waals surface area contributed by atoms with Crippen LogP contribution in [0.25, 0.3) is 0 Å². The molecule has 0 amide bonds. The summed E-state index contributed by atoms with van der Waals surface area (Å²) in [4.78, 5) is -0.0690. The summed E-state index contributed by atoms with van der Waals surface area (Å²) in [5, 5.41) is 0. The van der Waals surface area contributed by atoms with Crippen molar-refractivity contribution in [1.82, 2.24) is 0 Å². The molecule has 0 aromatic heterocycles. The summed E-state index contributed by atoms with van der Waals surface area (Å²) >= 11 is 0. The summed E-state index contributed by atoms with van der Waals surface area (Å²) in [7, 11) is -2.74. The predicted octanol–water partition coefficient (Wildman–Crippen LogP) is 5.44. The summed E-state index contributed by atoms with van der Waals surface area (Å²) in [5.74, 6) is 0.652. The van der Waals surface area contributed by atoms with Crippen LogP contribution in [0.5, 0.6) is 0 Å². The van der Waals surface area contributed by atoms with Crippen molar-refractivity contribution in [2.75, 3.05) is 7.11 Å². The van der Waals surface area contributed by atoms with Gasteiger partial charge in [-0.05, 0) is 47.6 Å². The lowest BCUT2D eigenvalue weighted by molar-refractivity contribution is 0.293. The minimum Gasteiger partial charge on any atom is -0.497 e. The van der Waals surface area contributed by atoms with Crippen molar-refractivity contribution >= 4 is 10.1 Å². The van der Waals surface area contributed by atoms with Crippen LogP contribution >= 0.6 is 0 Å². The number of rotatable bonds is 6. The molecule has 1 aliphatic carbocycles. The molecule has 0 saturated heterocycles. The third-order valence-electron chi connectivity index (χ3n) is 5.11. The molecule has 28 heavy (non-hydrogen) atoms. The molecule has 0 heterocycles. The van der Waals surface area contributed by atoms with Crippen molar-refractivity contribution in [3.8, 4) is 0 Å². The summed E-state index contributed by atoms with van der Waals surface area (Å²) in [6.07, 6.45) is 5.89. The predicted molar refractivity (Wildman–Crippen MR) is 111 cm³/mol. The van der Waals surface area contributed by atoms with E-state index in [1.54, 1.807) is 25.3 Å². The Labute approximate surface area is 167 Å². The van der Waals surface area contributed by atoms with Crippen LogP contribution in [0.3, 0.4) is 0 Å². The Morgan fingerprint density at radius 2 is 1.46 bits per heavy atom. The first kappa shape index (κ1) is 20.4. The van der Waals surface area contributed by atoms with Crippen molar-refractivity contribution in [2.24, 2.45) is 0 Å². The molecule has 5 heteroatoms. The maximum absolute atomic E-state index is 12.1. The van der Waals surface area contributed by atoms with Crippen LogP contribution in [0.2, 0.25) is 0 Å². The Balaban J connectivity index is 2.33. The van der Waals surface area contributed by atoms with Gasteiger partial charge in [0.15, 0.2) is 0 Å². The molecule has 1 N–H and O–H groups in total. The molecule has 148 valence electrons. The van der Waals surface area contributed by atoms with Gasteiger partial charge in [-0.3, -0.25) is 4.55 Å². The molecule has 0 aliphatic heterocycles. The summed E-state index contributed by atoms with van der Waals surface area (Å²) in [6.45, 7) is 4.24. The van der Waals surface area contributed by atoms with Gasteiger partial charge in [0.25, 0.3) is 10.1 Å². The fourth-order valence-corrected chi connectivity index (χ4v) is 4.62. The third kappa shape index (κ3) is 4.05. The van der Waals surface area contributed by atoms with Gasteiger partial charge >= 0.3 is 0 Å². The molecular weight excluding hydrogens is 372 g/mol. The van der Waals surface area contributed by atoms with Gasteiger partial charge in [-0.2, -0.15) is 8.42 Å². The molecule has 1 atom stereocenters. The van der Waals surface area contributed by atoms with E-state index in [0.29, 0.717) is 5.56 Å². The second-order valence-electron chi connectivity index (χ2n) is 7.24. The van der Waals surface area contributed by atoms with Crippen molar-refractivity contribution < 1.29 is 17.7 Å². The van der Waals surface area contributed by atoms with E-state index >= 15 is 0 Å². The summed E-state index contributed by atoms with van der Waals surface area (Å²) in [6, 6.07) is 14.7. The monoisotopic (exact) mass is 398 g/mol. The largest absolute Gasteiger partial charge is 0.497 e. The number of benzene rings is 2. The highest BCUT2D eigenvalue weighted by Crippen LogP contribution is 2.43. The molecule has 0 bridgehead atoms. The van der Waals surface area contributed by atoms with Crippen LogP contribution in [0.1, 0.15) is 55.2 Å². The van der Waals surface area contributed by atoms with E-state index in [1.807, 2.05) is 24.3 Å². The first-order valence-corrected chi connectivity index (χ1v) is 10.9. The van der Waals surface area contributed by atoms with Crippen LogP contribution in [0, 0.1) is 0 Å². The lowest BCUT2D eigenvalue weighted by Gasteiger charge is -2.29. The van der Waals surface area contributed by atoms with Gasteiger partial charge in [-0.1, -0.05) is 62.4 Å². The molecule has 0 spiro atoms. The zero-order valence-corrected chi connectivity index (χ0v) is 17.2. The fraction of sp³-hybridized carbons (Fsp3) is 0.304. The molecule has 2 aromatic rings. The maximum atomic E-state index is 12.1. The smallest absolute Gasteiger partial charge is 0.294 e. The molecule has 1 unspecified atom stereocenters. The standard InChI is InChI=1S/C23H26O4S/c1-16(2)17-10-4-5-11-18(17)23(19-12-6-8-14-21(19)27-3)20-13-7-9-15-22(20)28(24,25)26/h4-5,7,9-16,23H,6,8H2,1-3H3,(H,24,25,26). The zero-order chi connectivity index (χ0) is 20.3. The molecule has 4 nitrogen and oxygen atoms in total. The van der Waals surface area contributed by atoms with E-state index in [0.717, 1.165) is 35.3 Å². The molecule has 0 radical (unpaired) electrons. The van der Waals surface area contributed by atoms with Gasteiger partial charge in [-0.15, -0.1) is 0 Å². The van der Waals surface area contributed by atoms with E-state index in [2.05, 4.69) is 26.0 Å². The zero-order valence-electron chi connectivity index (χ0n) is 16.4. The molecule has 0 fully saturated rings. The fourth-order valence-electron chi connectivity index (χ4n) is 3.89. The summed E-state index contributed by atoms with van der Waals surface area (Å²) < 4.78 is 39.8. The molecule has 2 aromatic carbocycles. The van der Waals surface area contributed by atoms with Gasteiger partial charge in [-0.25, -0.2) is 0 Å². The van der Waals surface area contributed by atoms with Gasteiger partial charge in [0.2, 0.25) is 0 Å². The highest BCUT2D eigenvalue weighted by Gasteiger charge is 2.30. The van der Waals surface area contributed by atoms with Gasteiger partial charge in [0.1, 0.15) is 5.76 Å². The Morgan fingerprint density at radius 1 is 0.893 bits per heavy atom. The number of methoxy groups -OCH3 is 1. The van der Waals surface area contributed by atoms with Crippen molar-refractivity contribution in [2.45, 2.75) is 43.4 Å². The lowest BCUT2D eigenvalue weighted by Crippen LogP contribution is -2.16. The second-order valence-corrected chi connectivity index (χ2v) is 8.63. The van der Waals surface area contributed by atoms with Gasteiger partial charge in [0.05, 0.1) is 12.0 Å². The molecule has 0 saturated carbocycles. The Bertz CT molecular complexity index is 1020. The number of hydrogen-bond acceptors (Lipinski definition) is 3. The summed E-state index contributed by atoms with van der Waals surface area (Å²) in [5.41, 5.74) is 3.64. The molecular formula is C23H26O4S. The van der Waals surface area contributed by atoms with Crippen LogP contribution in [0.15, 0.2) is 76.9 Å². The van der Waals surface area contributed by atoms with Crippen molar-refractivity contribution in [3.63, 3.8) is 0 Å². The molecule has 1 aliphatic rings. The average Bonchev–Trinajstić information content (AvgIpc) is 2.68. The maximum Gasteiger partial charge on any atom is 0.294 e. The SMILES string of the molecule is COC1=CCCC=C1C(c1ccccc1C(C)C)c1ccccc1S(=O)(=O)O. The second kappa shape index (κ2) is 8.33. The highest BCUT2D eigenvalue weighted by atomic mass is 32.2. The Hall–Kier alpha value is -2.37. The van der Waals surface area contributed by atoms with E-state index in [4.69, 9.17) is 4.74 Å². The minimum absolute atomic E-state index is 0.0690. The number of ether oxygens (including phenoxy) is 1. The van der Waals surface area contributed by atoms with E-state index in [-0.39, 0.29) is 16.7 Å². The van der Waals surface area contributed by atoms with E-state index in [9.17, 15) is 13.0 Å². The van der Waals surface area contributed by atoms with Gasteiger partial charge < -0.3 is 4.74 Å². The Kier molecular flexibility index (Phi) is 6.06. The van der Waals surface area contributed by atoms with Crippen LogP contribution < -0.4 is 0 Å². The first-order valence-electron chi connectivity index (χ1n) is 9.44. The van der Waals surface area contributed by atoms with Crippen LogP contribution in [-0.4, -0.2) is 20.1 Å².